The molecule has 1 unspecified atom stereocenters. The number of H-pyrrole nitrogens is 1. The number of hydrogen-bond acceptors (Lipinski definition) is 9. The second kappa shape index (κ2) is 11.7. The Morgan fingerprint density at radius 3 is 2.56 bits per heavy atom. The van der Waals surface area contributed by atoms with Gasteiger partial charge in [-0.25, -0.2) is 19.9 Å². The second-order valence-electron chi connectivity index (χ2n) is 10.7. The number of fused-ring (bicyclic) bond motifs is 1. The number of anilines is 3. The average molecular weight is 596 g/mol. The third-order valence-corrected chi connectivity index (χ3v) is 7.98. The summed E-state index contributed by atoms with van der Waals surface area (Å²) >= 11 is 0. The number of piperazine rings is 1. The van der Waals surface area contributed by atoms with Gasteiger partial charge in [-0.15, -0.1) is 0 Å². The number of rotatable bonds is 8. The number of methoxy groups -OCH3 is 1. The van der Waals surface area contributed by atoms with Crippen molar-refractivity contribution in [3.8, 4) is 17.0 Å². The van der Waals surface area contributed by atoms with Gasteiger partial charge in [-0.3, -0.25) is 9.69 Å². The van der Waals surface area contributed by atoms with Gasteiger partial charge in [0.05, 0.1) is 18.1 Å². The number of nitrogens with zero attached hydrogens (tertiary/aromatic N) is 7. The average Bonchev–Trinajstić information content (AvgIpc) is 3.36. The van der Waals surface area contributed by atoms with Crippen molar-refractivity contribution in [2.75, 3.05) is 56.6 Å². The van der Waals surface area contributed by atoms with E-state index >= 15 is 0 Å². The van der Waals surface area contributed by atoms with E-state index in [1.165, 1.54) is 4.90 Å². The summed E-state index contributed by atoms with van der Waals surface area (Å²) in [5, 5.41) is 3.24. The van der Waals surface area contributed by atoms with Crippen LogP contribution in [-0.2, 0) is 4.79 Å². The number of carbonyl (C=O) groups excluding carboxylic acids is 1. The number of ether oxygens (including phenoxy) is 1. The maximum atomic E-state index is 12.6. The fraction of sp³-hybridized carbons (Fsp3) is 0.414. The number of alkyl halides is 3. The Kier molecular flexibility index (Phi) is 7.77. The zero-order valence-corrected chi connectivity index (χ0v) is 23.9. The number of imidazole rings is 1. The fourth-order valence-corrected chi connectivity index (χ4v) is 5.48. The number of pyridine rings is 1. The second-order valence-corrected chi connectivity index (χ2v) is 10.7. The van der Waals surface area contributed by atoms with Crippen molar-refractivity contribution in [2.45, 2.75) is 32.0 Å². The first-order chi connectivity index (χ1) is 20.7. The summed E-state index contributed by atoms with van der Waals surface area (Å²) in [5.74, 6) is 1.68. The molecule has 4 aromatic rings. The third kappa shape index (κ3) is 6.19. The van der Waals surface area contributed by atoms with Gasteiger partial charge < -0.3 is 24.8 Å². The number of carbonyl (C=O) groups is 1. The van der Waals surface area contributed by atoms with Gasteiger partial charge >= 0.3 is 6.18 Å². The third-order valence-electron chi connectivity index (χ3n) is 7.98. The molecule has 3 aromatic heterocycles. The van der Waals surface area contributed by atoms with Crippen molar-refractivity contribution in [3.05, 3.63) is 48.4 Å². The molecule has 11 nitrogen and oxygen atoms in total. The first-order valence-corrected chi connectivity index (χ1v) is 14.1. The topological polar surface area (TPSA) is 115 Å². The lowest BCUT2D eigenvalue weighted by Gasteiger charge is -2.38. The van der Waals surface area contributed by atoms with Crippen LogP contribution in [0.3, 0.4) is 0 Å². The number of aromatic amines is 1. The first kappa shape index (κ1) is 28.6. The Morgan fingerprint density at radius 1 is 1.07 bits per heavy atom. The zero-order valence-electron chi connectivity index (χ0n) is 23.9. The van der Waals surface area contributed by atoms with Crippen LogP contribution < -0.4 is 15.0 Å². The molecule has 0 saturated carbocycles. The maximum absolute atomic E-state index is 12.6. The summed E-state index contributed by atoms with van der Waals surface area (Å²) in [6.07, 6.45) is -1.52. The van der Waals surface area contributed by atoms with E-state index in [1.54, 1.807) is 19.6 Å². The van der Waals surface area contributed by atoms with E-state index in [2.05, 4.69) is 40.0 Å². The molecule has 14 heteroatoms. The van der Waals surface area contributed by atoms with Crippen molar-refractivity contribution < 1.29 is 22.7 Å². The van der Waals surface area contributed by atoms with Gasteiger partial charge in [0.1, 0.15) is 24.3 Å². The Hall–Kier alpha value is -4.46. The van der Waals surface area contributed by atoms with Gasteiger partial charge in [0.2, 0.25) is 11.9 Å². The van der Waals surface area contributed by atoms with Crippen LogP contribution in [0.25, 0.3) is 22.3 Å². The Bertz CT molecular complexity index is 1610. The molecule has 2 aliphatic rings. The van der Waals surface area contributed by atoms with Crippen LogP contribution in [-0.4, -0.2) is 93.2 Å². The molecule has 0 radical (unpaired) electrons. The summed E-state index contributed by atoms with van der Waals surface area (Å²) < 4.78 is 43.6. The predicted octanol–water partition coefficient (Wildman–Crippen LogP) is 4.53. The quantitative estimate of drug-likeness (QED) is 0.303. The number of nitrogens with one attached hydrogen (secondary N) is 2. The van der Waals surface area contributed by atoms with E-state index in [1.807, 2.05) is 37.3 Å². The largest absolute Gasteiger partial charge is 0.491 e. The van der Waals surface area contributed by atoms with Crippen molar-refractivity contribution in [1.29, 1.82) is 0 Å². The van der Waals surface area contributed by atoms with Crippen LogP contribution in [0, 0.1) is 0 Å². The molecule has 0 bridgehead atoms. The molecule has 1 amide bonds. The molecule has 6 rings (SSSR count). The van der Waals surface area contributed by atoms with Gasteiger partial charge in [0.25, 0.3) is 0 Å². The van der Waals surface area contributed by atoms with E-state index in [4.69, 9.17) is 4.74 Å². The van der Waals surface area contributed by atoms with Crippen LogP contribution in [0.1, 0.15) is 31.4 Å². The van der Waals surface area contributed by atoms with Gasteiger partial charge in [-0.2, -0.15) is 13.2 Å². The Morgan fingerprint density at radius 2 is 1.86 bits per heavy atom. The number of amides is 1. The predicted molar refractivity (Wildman–Crippen MR) is 155 cm³/mol. The van der Waals surface area contributed by atoms with Crippen molar-refractivity contribution >= 4 is 34.5 Å². The molecule has 5 heterocycles. The highest BCUT2D eigenvalue weighted by Gasteiger charge is 2.35. The summed E-state index contributed by atoms with van der Waals surface area (Å²) in [5.41, 5.74) is 4.15. The lowest BCUT2D eigenvalue weighted by atomic mass is 10.1. The SMILES string of the molecule is COc1c(-c2ccc3nc(Nc4cc(C(C)N5CCN(C(=O)CC(F)(F)F)CC5)ccn4)[nH]c3c2)ncnc1N1CCC1. The summed E-state index contributed by atoms with van der Waals surface area (Å²) in [6.45, 7) is 5.41. The smallest absolute Gasteiger partial charge is 0.397 e. The first-order valence-electron chi connectivity index (χ1n) is 14.1. The number of aromatic nitrogens is 5. The van der Waals surface area contributed by atoms with Crippen LogP contribution in [0.5, 0.6) is 5.75 Å². The minimum Gasteiger partial charge on any atom is -0.491 e. The molecule has 0 aliphatic carbocycles. The van der Waals surface area contributed by atoms with Crippen molar-refractivity contribution in [2.24, 2.45) is 0 Å². The van der Waals surface area contributed by atoms with E-state index in [-0.39, 0.29) is 19.1 Å². The molecule has 226 valence electrons. The Balaban J connectivity index is 1.14. The lowest BCUT2D eigenvalue weighted by Crippen LogP contribution is -2.50. The fourth-order valence-electron chi connectivity index (χ4n) is 5.48. The van der Waals surface area contributed by atoms with Crippen LogP contribution in [0.4, 0.5) is 30.8 Å². The number of halogens is 3. The molecule has 43 heavy (non-hydrogen) atoms. The molecule has 0 spiro atoms. The normalized spacial score (nSPS) is 16.7. The van der Waals surface area contributed by atoms with Crippen molar-refractivity contribution in [1.82, 2.24) is 34.7 Å². The highest BCUT2D eigenvalue weighted by Crippen LogP contribution is 2.37. The highest BCUT2D eigenvalue weighted by molar-refractivity contribution is 5.85. The molecule has 2 N–H and O–H groups in total. The van der Waals surface area contributed by atoms with Gasteiger partial charge in [-0.1, -0.05) is 6.07 Å². The van der Waals surface area contributed by atoms with Crippen LogP contribution >= 0.6 is 0 Å². The van der Waals surface area contributed by atoms with E-state index in [0.717, 1.165) is 47.5 Å². The summed E-state index contributed by atoms with van der Waals surface area (Å²) in [7, 11) is 1.63. The molecule has 2 saturated heterocycles. The number of benzene rings is 1. The number of hydrogen-bond donors (Lipinski definition) is 2. The Labute approximate surface area is 246 Å². The zero-order chi connectivity index (χ0) is 30.1. The molecule has 2 fully saturated rings. The van der Waals surface area contributed by atoms with Gasteiger partial charge in [-0.05, 0) is 43.2 Å². The lowest BCUT2D eigenvalue weighted by molar-refractivity contribution is -0.162. The van der Waals surface area contributed by atoms with E-state index in [9.17, 15) is 18.0 Å². The van der Waals surface area contributed by atoms with Crippen LogP contribution in [0.15, 0.2) is 42.9 Å². The molecular formula is C29H32F3N9O2. The monoisotopic (exact) mass is 595 g/mol. The minimum absolute atomic E-state index is 0.0226. The van der Waals surface area contributed by atoms with E-state index < -0.39 is 18.5 Å². The molecule has 1 atom stereocenters. The van der Waals surface area contributed by atoms with Gasteiger partial charge in [0, 0.05) is 57.1 Å². The molecular weight excluding hydrogens is 563 g/mol. The molecule has 1 aromatic carbocycles. The summed E-state index contributed by atoms with van der Waals surface area (Å²) in [6, 6.07) is 9.66. The minimum atomic E-state index is -4.49. The van der Waals surface area contributed by atoms with Crippen LogP contribution in [0.2, 0.25) is 0 Å². The van der Waals surface area contributed by atoms with Crippen molar-refractivity contribution in [3.63, 3.8) is 0 Å². The highest BCUT2D eigenvalue weighted by atomic mass is 19.4. The summed E-state index contributed by atoms with van der Waals surface area (Å²) in [4.78, 5) is 38.9. The van der Waals surface area contributed by atoms with E-state index in [0.29, 0.717) is 36.3 Å². The standard InChI is InChI=1S/C29H32F3N9O2/c1-18(39-10-12-40(13-11-39)24(42)16-29(30,31)32)19-6-7-33-23(15-19)38-28-36-21-5-4-20(14-22(21)37-28)25-26(43-2)27(35-17-34-25)41-8-3-9-41/h4-7,14-15,17-18H,3,8-13,16H2,1-2H3,(H2,33,36,37,38). The van der Waals surface area contributed by atoms with Gasteiger partial charge in [0.15, 0.2) is 11.6 Å². The maximum Gasteiger partial charge on any atom is 0.397 e. The molecule has 2 aliphatic heterocycles.